The lowest BCUT2D eigenvalue weighted by atomic mass is 10.1. The molecule has 0 saturated carbocycles. The zero-order valence-electron chi connectivity index (χ0n) is 11.3. The van der Waals surface area contributed by atoms with E-state index < -0.39 is 11.1 Å². The summed E-state index contributed by atoms with van der Waals surface area (Å²) < 4.78 is 22.5. The smallest absolute Gasteiger partial charge is 0.121 e. The van der Waals surface area contributed by atoms with Gasteiger partial charge in [-0.1, -0.05) is 12.1 Å². The molecule has 1 saturated heterocycles. The molecule has 1 atom stereocenters. The van der Waals surface area contributed by atoms with E-state index in [0.29, 0.717) is 5.39 Å². The summed E-state index contributed by atoms with van der Waals surface area (Å²) in [5.41, 5.74) is 1.09. The highest BCUT2D eigenvalue weighted by molar-refractivity contribution is 7.79. The number of piperazine rings is 1. The van der Waals surface area contributed by atoms with Crippen LogP contribution in [0.1, 0.15) is 0 Å². The van der Waals surface area contributed by atoms with E-state index in [4.69, 9.17) is 0 Å². The average molecular weight is 290 g/mol. The molecular weight excluding hydrogens is 274 g/mol. The number of pyridine rings is 1. The molecular formula is C14H16N3O2S-. The number of nitrogens with zero attached hydrogens (tertiary/aromatic N) is 3. The Morgan fingerprint density at radius 1 is 1.15 bits per heavy atom. The van der Waals surface area contributed by atoms with Crippen molar-refractivity contribution in [3.05, 3.63) is 30.5 Å². The molecule has 0 radical (unpaired) electrons. The van der Waals surface area contributed by atoms with E-state index in [1.54, 1.807) is 6.20 Å². The van der Waals surface area contributed by atoms with Crippen LogP contribution in [0.3, 0.4) is 0 Å². The number of fused-ring (bicyclic) bond motifs is 1. The number of hydrogen-bond acceptors (Lipinski definition) is 5. The first kappa shape index (κ1) is 13.5. The molecule has 1 aliphatic rings. The van der Waals surface area contributed by atoms with E-state index in [0.717, 1.165) is 37.3 Å². The average Bonchev–Trinajstić information content (AvgIpc) is 2.47. The fourth-order valence-electron chi connectivity index (χ4n) is 2.62. The third-order valence-electron chi connectivity index (χ3n) is 3.75. The zero-order chi connectivity index (χ0) is 14.1. The van der Waals surface area contributed by atoms with Crippen molar-refractivity contribution in [3.8, 4) is 0 Å². The van der Waals surface area contributed by atoms with Crippen molar-refractivity contribution < 1.29 is 8.76 Å². The van der Waals surface area contributed by atoms with Crippen molar-refractivity contribution in [2.45, 2.75) is 5.03 Å². The van der Waals surface area contributed by atoms with Crippen molar-refractivity contribution in [3.63, 3.8) is 0 Å². The molecule has 0 spiro atoms. The number of benzene rings is 1. The van der Waals surface area contributed by atoms with E-state index in [9.17, 15) is 8.76 Å². The van der Waals surface area contributed by atoms with Crippen molar-refractivity contribution in [2.24, 2.45) is 0 Å². The first-order valence-corrected chi connectivity index (χ1v) is 7.65. The molecule has 0 bridgehead atoms. The van der Waals surface area contributed by atoms with E-state index in [-0.39, 0.29) is 5.03 Å². The molecule has 5 nitrogen and oxygen atoms in total. The minimum atomic E-state index is -2.31. The van der Waals surface area contributed by atoms with Crippen LogP contribution in [0, 0.1) is 0 Å². The normalized spacial score (nSPS) is 18.4. The highest BCUT2D eigenvalue weighted by atomic mass is 32.2. The molecule has 1 aromatic carbocycles. The van der Waals surface area contributed by atoms with Gasteiger partial charge < -0.3 is 14.4 Å². The van der Waals surface area contributed by atoms with Crippen molar-refractivity contribution in [2.75, 3.05) is 38.1 Å². The largest absolute Gasteiger partial charge is 0.767 e. The molecule has 0 aliphatic carbocycles. The topological polar surface area (TPSA) is 59.5 Å². The summed E-state index contributed by atoms with van der Waals surface area (Å²) in [4.78, 5) is 8.56. The summed E-state index contributed by atoms with van der Waals surface area (Å²) in [6.07, 6.45) is 1.56. The molecule has 1 unspecified atom stereocenters. The highest BCUT2D eigenvalue weighted by Gasteiger charge is 2.17. The SMILES string of the molecule is CN1CCN(c2cccc3c(S(=O)[O-])nccc23)CC1. The maximum atomic E-state index is 11.3. The summed E-state index contributed by atoms with van der Waals surface area (Å²) in [5, 5.41) is 1.77. The minimum Gasteiger partial charge on any atom is -0.767 e. The number of anilines is 1. The van der Waals surface area contributed by atoms with Gasteiger partial charge in [-0.2, -0.15) is 0 Å². The van der Waals surface area contributed by atoms with Crippen molar-refractivity contribution in [1.82, 2.24) is 9.88 Å². The third kappa shape index (κ3) is 2.42. The lowest BCUT2D eigenvalue weighted by Gasteiger charge is -2.34. The Labute approximate surface area is 120 Å². The number of rotatable bonds is 2. The fraction of sp³-hybridized carbons (Fsp3) is 0.357. The molecule has 20 heavy (non-hydrogen) atoms. The van der Waals surface area contributed by atoms with Crippen LogP contribution in [0.5, 0.6) is 0 Å². The Hall–Kier alpha value is -1.50. The molecule has 3 rings (SSSR count). The van der Waals surface area contributed by atoms with Gasteiger partial charge in [0.2, 0.25) is 0 Å². The Bertz CT molecular complexity index is 654. The molecule has 6 heteroatoms. The number of aromatic nitrogens is 1. The highest BCUT2D eigenvalue weighted by Crippen LogP contribution is 2.29. The first-order chi connectivity index (χ1) is 9.66. The maximum absolute atomic E-state index is 11.3. The third-order valence-corrected chi connectivity index (χ3v) is 4.39. The lowest BCUT2D eigenvalue weighted by Crippen LogP contribution is -2.44. The standard InChI is InChI=1S/C14H17N3O2S/c1-16-7-9-17(10-8-16)13-4-2-3-12-11(13)5-6-15-14(12)20(18)19/h2-6H,7-10H2,1H3,(H,18,19)/p-1. The van der Waals surface area contributed by atoms with Gasteiger partial charge >= 0.3 is 0 Å². The molecule has 106 valence electrons. The van der Waals surface area contributed by atoms with Crippen molar-refractivity contribution in [1.29, 1.82) is 0 Å². The monoisotopic (exact) mass is 290 g/mol. The van der Waals surface area contributed by atoms with Gasteiger partial charge in [0.1, 0.15) is 5.03 Å². The molecule has 1 aliphatic heterocycles. The summed E-state index contributed by atoms with van der Waals surface area (Å²) in [5.74, 6) is 0. The number of hydrogen-bond donors (Lipinski definition) is 0. The maximum Gasteiger partial charge on any atom is 0.121 e. The van der Waals surface area contributed by atoms with Gasteiger partial charge in [0.05, 0.1) is 0 Å². The van der Waals surface area contributed by atoms with Crippen LogP contribution in [0.25, 0.3) is 10.8 Å². The van der Waals surface area contributed by atoms with Crippen LogP contribution in [-0.4, -0.2) is 51.9 Å². The number of likely N-dealkylation sites (N-methyl/N-ethyl adjacent to an activating group) is 1. The summed E-state index contributed by atoms with van der Waals surface area (Å²) in [7, 11) is 2.11. The second-order valence-corrected chi connectivity index (χ2v) is 5.87. The van der Waals surface area contributed by atoms with Crippen LogP contribution in [0.4, 0.5) is 5.69 Å². The minimum absolute atomic E-state index is 0.124. The molecule has 0 N–H and O–H groups in total. The quantitative estimate of drug-likeness (QED) is 0.778. The summed E-state index contributed by atoms with van der Waals surface area (Å²) in [6, 6.07) is 7.64. The predicted molar refractivity (Wildman–Crippen MR) is 78.6 cm³/mol. The van der Waals surface area contributed by atoms with Gasteiger partial charge in [-0.15, -0.1) is 0 Å². The Balaban J connectivity index is 2.08. The van der Waals surface area contributed by atoms with Crippen LogP contribution < -0.4 is 4.90 Å². The van der Waals surface area contributed by atoms with Gasteiger partial charge in [0, 0.05) is 48.8 Å². The Morgan fingerprint density at radius 2 is 1.90 bits per heavy atom. The molecule has 2 aromatic rings. The summed E-state index contributed by atoms with van der Waals surface area (Å²) in [6.45, 7) is 3.94. The van der Waals surface area contributed by atoms with Crippen molar-refractivity contribution >= 4 is 27.5 Å². The van der Waals surface area contributed by atoms with Crippen LogP contribution >= 0.6 is 0 Å². The fourth-order valence-corrected chi connectivity index (χ4v) is 3.12. The van der Waals surface area contributed by atoms with Gasteiger partial charge in [-0.25, -0.2) is 4.98 Å². The van der Waals surface area contributed by atoms with E-state index in [2.05, 4.69) is 21.8 Å². The van der Waals surface area contributed by atoms with Crippen LogP contribution in [-0.2, 0) is 11.1 Å². The molecule has 2 heterocycles. The van der Waals surface area contributed by atoms with E-state index in [1.165, 1.54) is 0 Å². The van der Waals surface area contributed by atoms with Gasteiger partial charge in [0.15, 0.2) is 0 Å². The van der Waals surface area contributed by atoms with Gasteiger partial charge in [-0.05, 0) is 30.3 Å². The lowest BCUT2D eigenvalue weighted by molar-refractivity contribution is 0.313. The predicted octanol–water partition coefficient (Wildman–Crippen LogP) is 1.22. The molecule has 1 fully saturated rings. The van der Waals surface area contributed by atoms with Crippen LogP contribution in [0.2, 0.25) is 0 Å². The van der Waals surface area contributed by atoms with Gasteiger partial charge in [-0.3, -0.25) is 4.21 Å². The Morgan fingerprint density at radius 3 is 2.60 bits per heavy atom. The molecule has 1 aromatic heterocycles. The van der Waals surface area contributed by atoms with Gasteiger partial charge in [0.25, 0.3) is 0 Å². The summed E-state index contributed by atoms with van der Waals surface area (Å²) >= 11 is -2.31. The van der Waals surface area contributed by atoms with E-state index >= 15 is 0 Å². The van der Waals surface area contributed by atoms with Crippen LogP contribution in [0.15, 0.2) is 35.5 Å². The Kier molecular flexibility index (Phi) is 3.69. The van der Waals surface area contributed by atoms with E-state index in [1.807, 2.05) is 24.3 Å². The zero-order valence-corrected chi connectivity index (χ0v) is 12.1. The first-order valence-electron chi connectivity index (χ1n) is 6.57. The molecule has 0 amide bonds. The second kappa shape index (κ2) is 5.47. The second-order valence-electron chi connectivity index (χ2n) is 5.01.